The summed E-state index contributed by atoms with van der Waals surface area (Å²) in [5, 5.41) is 9.64. The van der Waals surface area contributed by atoms with Crippen molar-refractivity contribution in [2.24, 2.45) is 7.05 Å². The van der Waals surface area contributed by atoms with E-state index in [0.29, 0.717) is 12.4 Å². The molecule has 0 bridgehead atoms. The van der Waals surface area contributed by atoms with Gasteiger partial charge in [0.1, 0.15) is 5.82 Å². The Balaban J connectivity index is 1.52. The Kier molecular flexibility index (Phi) is 5.46. The van der Waals surface area contributed by atoms with Gasteiger partial charge in [0.15, 0.2) is 11.5 Å². The molecule has 0 atom stereocenters. The number of furan rings is 1. The molecule has 134 valence electrons. The number of ether oxygens (including phenoxy) is 1. The zero-order chi connectivity index (χ0) is 17.6. The lowest BCUT2D eigenvalue weighted by Crippen LogP contribution is -2.41. The molecule has 2 amide bonds. The van der Waals surface area contributed by atoms with E-state index in [4.69, 9.17) is 9.15 Å². The van der Waals surface area contributed by atoms with Crippen LogP contribution >= 0.6 is 0 Å². The zero-order valence-electron chi connectivity index (χ0n) is 14.0. The second-order valence-electron chi connectivity index (χ2n) is 5.68. The predicted octanol–water partition coefficient (Wildman–Crippen LogP) is 0.327. The lowest BCUT2D eigenvalue weighted by Gasteiger charge is -2.26. The zero-order valence-corrected chi connectivity index (χ0v) is 14.0. The molecule has 1 aliphatic rings. The number of anilines is 1. The van der Waals surface area contributed by atoms with E-state index in [1.165, 1.54) is 17.0 Å². The van der Waals surface area contributed by atoms with Crippen LogP contribution < -0.4 is 10.6 Å². The number of aryl methyl sites for hydroxylation is 1. The Morgan fingerprint density at radius 2 is 2.08 bits per heavy atom. The summed E-state index contributed by atoms with van der Waals surface area (Å²) in [5.74, 6) is -0.0629. The van der Waals surface area contributed by atoms with E-state index in [9.17, 15) is 9.59 Å². The molecule has 0 spiro atoms. The molecule has 1 saturated heterocycles. The quantitative estimate of drug-likeness (QED) is 0.781. The third-order valence-electron chi connectivity index (χ3n) is 3.92. The Hall–Kier alpha value is -2.65. The minimum atomic E-state index is -0.396. The largest absolute Gasteiger partial charge is 0.459 e. The van der Waals surface area contributed by atoms with Crippen LogP contribution in [0.25, 0.3) is 0 Å². The highest BCUT2D eigenvalue weighted by molar-refractivity contribution is 6.02. The number of carbonyl (C=O) groups is 2. The van der Waals surface area contributed by atoms with Crippen molar-refractivity contribution in [1.29, 1.82) is 0 Å². The van der Waals surface area contributed by atoms with E-state index in [-0.39, 0.29) is 17.4 Å². The van der Waals surface area contributed by atoms with Gasteiger partial charge in [0.25, 0.3) is 11.8 Å². The van der Waals surface area contributed by atoms with Crippen LogP contribution in [0.5, 0.6) is 0 Å². The standard InChI is InChI=1S/C16H21N5O4/c1-20-14(18-16(23)13-3-2-8-25-13)11-12(19-20)15(22)17-4-5-21-6-9-24-10-7-21/h2-3,8,11H,4-7,9-10H2,1H3,(H,17,22)(H,18,23). The predicted molar refractivity (Wildman–Crippen MR) is 89.5 cm³/mol. The normalized spacial score (nSPS) is 15.1. The van der Waals surface area contributed by atoms with Crippen molar-refractivity contribution in [3.63, 3.8) is 0 Å². The van der Waals surface area contributed by atoms with Gasteiger partial charge in [-0.15, -0.1) is 0 Å². The van der Waals surface area contributed by atoms with Gasteiger partial charge in [-0.05, 0) is 12.1 Å². The molecule has 9 heteroatoms. The van der Waals surface area contributed by atoms with Gasteiger partial charge in [-0.2, -0.15) is 5.10 Å². The maximum Gasteiger partial charge on any atom is 0.292 e. The highest BCUT2D eigenvalue weighted by Gasteiger charge is 2.16. The number of nitrogens with zero attached hydrogens (tertiary/aromatic N) is 3. The summed E-state index contributed by atoms with van der Waals surface area (Å²) in [4.78, 5) is 26.4. The van der Waals surface area contributed by atoms with Crippen LogP contribution in [0.3, 0.4) is 0 Å². The first-order valence-electron chi connectivity index (χ1n) is 8.10. The molecule has 0 radical (unpaired) electrons. The first kappa shape index (κ1) is 17.2. The molecule has 25 heavy (non-hydrogen) atoms. The third kappa shape index (κ3) is 4.46. The summed E-state index contributed by atoms with van der Waals surface area (Å²) < 4.78 is 11.8. The highest BCUT2D eigenvalue weighted by Crippen LogP contribution is 2.11. The van der Waals surface area contributed by atoms with Crippen molar-refractivity contribution in [2.75, 3.05) is 44.7 Å². The molecule has 0 saturated carbocycles. The number of amides is 2. The summed E-state index contributed by atoms with van der Waals surface area (Å²) in [6.07, 6.45) is 1.42. The van der Waals surface area contributed by atoms with Crippen LogP contribution in [-0.4, -0.2) is 65.9 Å². The summed E-state index contributed by atoms with van der Waals surface area (Å²) >= 11 is 0. The SMILES string of the molecule is Cn1nc(C(=O)NCCN2CCOCC2)cc1NC(=O)c1ccco1. The van der Waals surface area contributed by atoms with E-state index >= 15 is 0 Å². The number of hydrogen-bond donors (Lipinski definition) is 2. The van der Waals surface area contributed by atoms with E-state index in [0.717, 1.165) is 32.8 Å². The molecule has 1 fully saturated rings. The van der Waals surface area contributed by atoms with Crippen LogP contribution in [0.1, 0.15) is 21.0 Å². The fourth-order valence-electron chi connectivity index (χ4n) is 2.52. The van der Waals surface area contributed by atoms with Crippen LogP contribution in [0.15, 0.2) is 28.9 Å². The van der Waals surface area contributed by atoms with Crippen molar-refractivity contribution in [3.8, 4) is 0 Å². The van der Waals surface area contributed by atoms with Gasteiger partial charge in [-0.25, -0.2) is 0 Å². The Labute approximate surface area is 144 Å². The molecule has 2 aromatic heterocycles. The molecule has 3 heterocycles. The number of morpholine rings is 1. The van der Waals surface area contributed by atoms with Crippen LogP contribution in [-0.2, 0) is 11.8 Å². The van der Waals surface area contributed by atoms with E-state index in [1.54, 1.807) is 19.2 Å². The maximum atomic E-state index is 12.2. The van der Waals surface area contributed by atoms with Gasteiger partial charge in [-0.3, -0.25) is 19.2 Å². The smallest absolute Gasteiger partial charge is 0.292 e. The number of nitrogens with one attached hydrogen (secondary N) is 2. The lowest BCUT2D eigenvalue weighted by molar-refractivity contribution is 0.0383. The van der Waals surface area contributed by atoms with Crippen LogP contribution in [0, 0.1) is 0 Å². The minimum absolute atomic E-state index is 0.192. The monoisotopic (exact) mass is 347 g/mol. The van der Waals surface area contributed by atoms with Gasteiger partial charge in [-0.1, -0.05) is 0 Å². The molecule has 0 aromatic carbocycles. The van der Waals surface area contributed by atoms with Crippen LogP contribution in [0.4, 0.5) is 5.82 Å². The summed E-state index contributed by atoms with van der Waals surface area (Å²) in [6, 6.07) is 4.72. The number of carbonyl (C=O) groups excluding carboxylic acids is 2. The first-order chi connectivity index (χ1) is 12.1. The van der Waals surface area contributed by atoms with Gasteiger partial charge in [0.2, 0.25) is 0 Å². The van der Waals surface area contributed by atoms with Crippen molar-refractivity contribution >= 4 is 17.6 Å². The Morgan fingerprint density at radius 3 is 2.80 bits per heavy atom. The van der Waals surface area contributed by atoms with Crippen molar-refractivity contribution in [2.45, 2.75) is 0 Å². The summed E-state index contributed by atoms with van der Waals surface area (Å²) in [7, 11) is 1.66. The van der Waals surface area contributed by atoms with Crippen molar-refractivity contribution in [3.05, 3.63) is 35.9 Å². The molecule has 2 N–H and O–H groups in total. The molecule has 0 aliphatic carbocycles. The fourth-order valence-corrected chi connectivity index (χ4v) is 2.52. The molecule has 0 unspecified atom stereocenters. The Bertz CT molecular complexity index is 719. The average molecular weight is 347 g/mol. The molecule has 1 aliphatic heterocycles. The first-order valence-corrected chi connectivity index (χ1v) is 8.10. The van der Waals surface area contributed by atoms with Gasteiger partial charge in [0.05, 0.1) is 19.5 Å². The van der Waals surface area contributed by atoms with E-state index in [2.05, 4.69) is 20.6 Å². The number of aromatic nitrogens is 2. The lowest BCUT2D eigenvalue weighted by atomic mass is 10.3. The second-order valence-corrected chi connectivity index (χ2v) is 5.68. The van der Waals surface area contributed by atoms with Crippen molar-refractivity contribution < 1.29 is 18.7 Å². The van der Waals surface area contributed by atoms with E-state index < -0.39 is 5.91 Å². The van der Waals surface area contributed by atoms with Crippen molar-refractivity contribution in [1.82, 2.24) is 20.0 Å². The minimum Gasteiger partial charge on any atom is -0.459 e. The Morgan fingerprint density at radius 1 is 1.28 bits per heavy atom. The molecular formula is C16H21N5O4. The van der Waals surface area contributed by atoms with Crippen LogP contribution in [0.2, 0.25) is 0 Å². The average Bonchev–Trinajstić information content (AvgIpc) is 3.26. The summed E-state index contributed by atoms with van der Waals surface area (Å²) in [5.41, 5.74) is 0.249. The topological polar surface area (TPSA) is 102 Å². The molecule has 2 aromatic rings. The highest BCUT2D eigenvalue weighted by atomic mass is 16.5. The fraction of sp³-hybridized carbons (Fsp3) is 0.438. The molecule has 3 rings (SSSR count). The van der Waals surface area contributed by atoms with Gasteiger partial charge < -0.3 is 19.8 Å². The van der Waals surface area contributed by atoms with Gasteiger partial charge in [0, 0.05) is 39.3 Å². The maximum absolute atomic E-state index is 12.2. The number of hydrogen-bond acceptors (Lipinski definition) is 6. The third-order valence-corrected chi connectivity index (χ3v) is 3.92. The second kappa shape index (κ2) is 7.95. The molecular weight excluding hydrogens is 326 g/mol. The number of rotatable bonds is 6. The summed E-state index contributed by atoms with van der Waals surface area (Å²) in [6.45, 7) is 4.51. The van der Waals surface area contributed by atoms with Gasteiger partial charge >= 0.3 is 0 Å². The van der Waals surface area contributed by atoms with E-state index in [1.807, 2.05) is 0 Å². The molecule has 9 nitrogen and oxygen atoms in total.